The normalized spacial score (nSPS) is 15.0. The Bertz CT molecular complexity index is 1150. The predicted octanol–water partition coefficient (Wildman–Crippen LogP) is 5.73. The van der Waals surface area contributed by atoms with E-state index in [1.165, 1.54) is 11.3 Å². The van der Waals surface area contributed by atoms with Crippen molar-refractivity contribution in [2.45, 2.75) is 32.4 Å². The third-order valence-electron chi connectivity index (χ3n) is 6.77. The van der Waals surface area contributed by atoms with Gasteiger partial charge < -0.3 is 19.5 Å². The van der Waals surface area contributed by atoms with Crippen LogP contribution in [0.4, 0.5) is 5.69 Å². The van der Waals surface area contributed by atoms with E-state index in [1.54, 1.807) is 7.11 Å². The molecule has 0 aromatic heterocycles. The molecular weight excluding hydrogens is 464 g/mol. The zero-order valence-corrected chi connectivity index (χ0v) is 21.7. The van der Waals surface area contributed by atoms with Gasteiger partial charge in [0.1, 0.15) is 18.1 Å². The Balaban J connectivity index is 1.23. The van der Waals surface area contributed by atoms with Gasteiger partial charge in [-0.3, -0.25) is 9.69 Å². The molecule has 37 heavy (non-hydrogen) atoms. The molecule has 0 spiro atoms. The number of aliphatic carboxylic acids is 1. The number of allylic oxidation sites excluding steroid dienone is 2. The van der Waals surface area contributed by atoms with Crippen LogP contribution >= 0.6 is 0 Å². The van der Waals surface area contributed by atoms with Crippen molar-refractivity contribution in [1.82, 2.24) is 4.90 Å². The fraction of sp³-hybridized carbons (Fsp3) is 0.323. The second-order valence-corrected chi connectivity index (χ2v) is 9.37. The molecule has 1 aliphatic rings. The average Bonchev–Trinajstić information content (AvgIpc) is 2.93. The van der Waals surface area contributed by atoms with Crippen molar-refractivity contribution in [1.29, 1.82) is 0 Å². The maximum atomic E-state index is 11.1. The Morgan fingerprint density at radius 3 is 2.11 bits per heavy atom. The van der Waals surface area contributed by atoms with Gasteiger partial charge in [0.05, 0.1) is 13.5 Å². The Morgan fingerprint density at radius 2 is 1.51 bits per heavy atom. The quantitative estimate of drug-likeness (QED) is 0.339. The van der Waals surface area contributed by atoms with Gasteiger partial charge in [0.2, 0.25) is 0 Å². The lowest BCUT2D eigenvalue weighted by atomic mass is 9.95. The topological polar surface area (TPSA) is 62.2 Å². The molecule has 3 aromatic rings. The summed E-state index contributed by atoms with van der Waals surface area (Å²) in [5, 5.41) is 9.15. The molecule has 0 aliphatic carbocycles. The number of carbonyl (C=O) groups is 1. The third-order valence-corrected chi connectivity index (χ3v) is 6.77. The molecule has 0 bridgehead atoms. The molecule has 1 N–H and O–H groups in total. The first-order valence-electron chi connectivity index (χ1n) is 12.8. The van der Waals surface area contributed by atoms with Crippen molar-refractivity contribution in [3.8, 4) is 11.5 Å². The third kappa shape index (κ3) is 7.61. The Kier molecular flexibility index (Phi) is 9.22. The zero-order valence-electron chi connectivity index (χ0n) is 21.7. The Hall–Kier alpha value is -3.77. The molecule has 6 heteroatoms. The smallest absolute Gasteiger partial charge is 0.304 e. The standard InChI is InChI=1S/C31H36N2O4/c1-3-4-27(21-31(34)35)26-9-13-30(14-10-26)37-23-25-7-5-24(6-8-25)22-32-17-19-33(20-18-32)28-11-15-29(36-2)16-12-28/h3-16,27H,17-23H2,1-2H3,(H,34,35). The molecule has 1 saturated heterocycles. The van der Waals surface area contributed by atoms with E-state index in [-0.39, 0.29) is 12.3 Å². The second-order valence-electron chi connectivity index (χ2n) is 9.37. The number of hydrogen-bond donors (Lipinski definition) is 1. The van der Waals surface area contributed by atoms with E-state index in [2.05, 4.69) is 46.2 Å². The molecule has 6 nitrogen and oxygen atoms in total. The first kappa shape index (κ1) is 26.3. The summed E-state index contributed by atoms with van der Waals surface area (Å²) in [6.07, 6.45) is 3.89. The van der Waals surface area contributed by atoms with Crippen molar-refractivity contribution in [3.63, 3.8) is 0 Å². The van der Waals surface area contributed by atoms with Gasteiger partial charge in [0, 0.05) is 44.3 Å². The van der Waals surface area contributed by atoms with Gasteiger partial charge in [-0.1, -0.05) is 48.6 Å². The maximum Gasteiger partial charge on any atom is 0.304 e. The molecule has 1 fully saturated rings. The minimum Gasteiger partial charge on any atom is -0.497 e. The number of carboxylic acids is 1. The number of methoxy groups -OCH3 is 1. The number of piperazine rings is 1. The molecule has 0 amide bonds. The number of carboxylic acid groups (broad SMARTS) is 1. The van der Waals surface area contributed by atoms with Crippen LogP contribution in [0.3, 0.4) is 0 Å². The number of ether oxygens (including phenoxy) is 2. The SMILES string of the molecule is CC=CC(CC(=O)O)c1ccc(OCc2ccc(CN3CCN(c4ccc(OC)cc4)CC3)cc2)cc1. The summed E-state index contributed by atoms with van der Waals surface area (Å²) in [7, 11) is 1.69. The maximum absolute atomic E-state index is 11.1. The van der Waals surface area contributed by atoms with Crippen molar-refractivity contribution < 1.29 is 19.4 Å². The molecule has 1 unspecified atom stereocenters. The van der Waals surface area contributed by atoms with Crippen LogP contribution in [0.1, 0.15) is 36.0 Å². The van der Waals surface area contributed by atoms with E-state index in [9.17, 15) is 4.79 Å². The molecule has 4 rings (SSSR count). The molecule has 1 aliphatic heterocycles. The summed E-state index contributed by atoms with van der Waals surface area (Å²) in [5.74, 6) is 0.731. The van der Waals surface area contributed by atoms with E-state index in [1.807, 2.05) is 55.5 Å². The number of hydrogen-bond acceptors (Lipinski definition) is 5. The van der Waals surface area contributed by atoms with Gasteiger partial charge in [-0.15, -0.1) is 0 Å². The molecule has 1 atom stereocenters. The van der Waals surface area contributed by atoms with Crippen LogP contribution in [0, 0.1) is 0 Å². The predicted molar refractivity (Wildman–Crippen MR) is 148 cm³/mol. The van der Waals surface area contributed by atoms with Crippen molar-refractivity contribution in [3.05, 3.63) is 102 Å². The number of rotatable bonds is 11. The monoisotopic (exact) mass is 500 g/mol. The highest BCUT2D eigenvalue weighted by Gasteiger charge is 2.17. The highest BCUT2D eigenvalue weighted by atomic mass is 16.5. The minimum atomic E-state index is -0.803. The Labute approximate surface area is 219 Å². The highest BCUT2D eigenvalue weighted by Crippen LogP contribution is 2.25. The van der Waals surface area contributed by atoms with E-state index in [0.29, 0.717) is 6.61 Å². The number of nitrogens with zero attached hydrogens (tertiary/aromatic N) is 2. The molecule has 0 saturated carbocycles. The highest BCUT2D eigenvalue weighted by molar-refractivity contribution is 5.68. The van der Waals surface area contributed by atoms with Crippen LogP contribution in [0.15, 0.2) is 84.9 Å². The van der Waals surface area contributed by atoms with Crippen LogP contribution < -0.4 is 14.4 Å². The van der Waals surface area contributed by atoms with Gasteiger partial charge >= 0.3 is 5.97 Å². The average molecular weight is 501 g/mol. The van der Waals surface area contributed by atoms with Gasteiger partial charge in [-0.2, -0.15) is 0 Å². The fourth-order valence-electron chi connectivity index (χ4n) is 4.65. The fourth-order valence-corrected chi connectivity index (χ4v) is 4.65. The molecule has 1 heterocycles. The van der Waals surface area contributed by atoms with Crippen LogP contribution in [0.5, 0.6) is 11.5 Å². The molecular formula is C31H36N2O4. The zero-order chi connectivity index (χ0) is 26.0. The summed E-state index contributed by atoms with van der Waals surface area (Å²) >= 11 is 0. The number of anilines is 1. The van der Waals surface area contributed by atoms with Crippen molar-refractivity contribution in [2.24, 2.45) is 0 Å². The lowest BCUT2D eigenvalue weighted by molar-refractivity contribution is -0.137. The first-order valence-corrected chi connectivity index (χ1v) is 12.8. The first-order chi connectivity index (χ1) is 18.0. The summed E-state index contributed by atoms with van der Waals surface area (Å²) in [6.45, 7) is 7.45. The van der Waals surface area contributed by atoms with Crippen LogP contribution in [-0.4, -0.2) is 49.3 Å². The van der Waals surface area contributed by atoms with Crippen LogP contribution in [-0.2, 0) is 17.9 Å². The lowest BCUT2D eigenvalue weighted by Crippen LogP contribution is -2.45. The Morgan fingerprint density at radius 1 is 0.892 bits per heavy atom. The summed E-state index contributed by atoms with van der Waals surface area (Å²) < 4.78 is 11.2. The van der Waals surface area contributed by atoms with Crippen LogP contribution in [0.25, 0.3) is 0 Å². The molecule has 0 radical (unpaired) electrons. The van der Waals surface area contributed by atoms with Crippen molar-refractivity contribution in [2.75, 3.05) is 38.2 Å². The van der Waals surface area contributed by atoms with Gasteiger partial charge in [0.15, 0.2) is 0 Å². The van der Waals surface area contributed by atoms with Gasteiger partial charge in [-0.25, -0.2) is 0 Å². The molecule has 3 aromatic carbocycles. The summed E-state index contributed by atoms with van der Waals surface area (Å²) in [5.41, 5.74) is 4.65. The largest absolute Gasteiger partial charge is 0.497 e. The minimum absolute atomic E-state index is 0.0786. The van der Waals surface area contributed by atoms with E-state index >= 15 is 0 Å². The van der Waals surface area contributed by atoms with E-state index < -0.39 is 5.97 Å². The van der Waals surface area contributed by atoms with E-state index in [4.69, 9.17) is 14.6 Å². The summed E-state index contributed by atoms with van der Waals surface area (Å²) in [6, 6.07) is 24.6. The van der Waals surface area contributed by atoms with Gasteiger partial charge in [0.25, 0.3) is 0 Å². The van der Waals surface area contributed by atoms with Gasteiger partial charge in [-0.05, 0) is 60.0 Å². The summed E-state index contributed by atoms with van der Waals surface area (Å²) in [4.78, 5) is 16.1. The lowest BCUT2D eigenvalue weighted by Gasteiger charge is -2.36. The molecule has 194 valence electrons. The van der Waals surface area contributed by atoms with E-state index in [0.717, 1.165) is 55.3 Å². The second kappa shape index (κ2) is 13.0. The number of benzene rings is 3. The van der Waals surface area contributed by atoms with Crippen LogP contribution in [0.2, 0.25) is 0 Å². The van der Waals surface area contributed by atoms with Crippen molar-refractivity contribution >= 4 is 11.7 Å².